The van der Waals surface area contributed by atoms with Crippen molar-refractivity contribution in [3.05, 3.63) is 30.1 Å². The predicted molar refractivity (Wildman–Crippen MR) is 69.3 cm³/mol. The number of hydrogen-bond acceptors (Lipinski definition) is 3. The van der Waals surface area contributed by atoms with E-state index >= 15 is 0 Å². The highest BCUT2D eigenvalue weighted by Gasteiger charge is 2.24. The quantitative estimate of drug-likeness (QED) is 0.816. The zero-order valence-electron chi connectivity index (χ0n) is 10.8. The Morgan fingerprint density at radius 2 is 2.22 bits per heavy atom. The zero-order valence-corrected chi connectivity index (χ0v) is 10.8. The predicted octanol–water partition coefficient (Wildman–Crippen LogP) is 1.82. The molecule has 0 aromatic carbocycles. The minimum atomic E-state index is 0.108. The fraction of sp³-hybridized carbons (Fsp3) is 0.571. The van der Waals surface area contributed by atoms with Gasteiger partial charge in [0.15, 0.2) is 0 Å². The Balaban J connectivity index is 1.83. The third kappa shape index (κ3) is 3.29. The zero-order chi connectivity index (χ0) is 12.8. The second-order valence-electron chi connectivity index (χ2n) is 4.55. The van der Waals surface area contributed by atoms with Crippen molar-refractivity contribution in [3.63, 3.8) is 0 Å². The van der Waals surface area contributed by atoms with E-state index in [-0.39, 0.29) is 12.5 Å². The molecule has 0 atom stereocenters. The standard InChI is InChI=1S/C14H20N2O2/c1-2-18-11-14(17)16-9-6-12(7-10-16)13-5-3-4-8-15-13/h3-5,8,12H,2,6-7,9-11H2,1H3. The van der Waals surface area contributed by atoms with Crippen molar-refractivity contribution < 1.29 is 9.53 Å². The summed E-state index contributed by atoms with van der Waals surface area (Å²) < 4.78 is 5.16. The van der Waals surface area contributed by atoms with Gasteiger partial charge in [0.2, 0.25) is 5.91 Å². The van der Waals surface area contributed by atoms with E-state index < -0.39 is 0 Å². The number of hydrogen-bond donors (Lipinski definition) is 0. The highest BCUT2D eigenvalue weighted by molar-refractivity contribution is 5.77. The third-order valence-electron chi connectivity index (χ3n) is 3.38. The average molecular weight is 248 g/mol. The highest BCUT2D eigenvalue weighted by Crippen LogP contribution is 2.26. The molecule has 4 nitrogen and oxygen atoms in total. The molecule has 2 heterocycles. The summed E-state index contributed by atoms with van der Waals surface area (Å²) in [5, 5.41) is 0. The molecule has 0 spiro atoms. The minimum Gasteiger partial charge on any atom is -0.372 e. The number of rotatable bonds is 4. The molecule has 0 N–H and O–H groups in total. The Bertz CT molecular complexity index is 373. The van der Waals surface area contributed by atoms with Crippen LogP contribution >= 0.6 is 0 Å². The first-order valence-corrected chi connectivity index (χ1v) is 6.57. The summed E-state index contributed by atoms with van der Waals surface area (Å²) >= 11 is 0. The topological polar surface area (TPSA) is 42.4 Å². The molecular weight excluding hydrogens is 228 g/mol. The Labute approximate surface area is 108 Å². The summed E-state index contributed by atoms with van der Waals surface area (Å²) in [5.41, 5.74) is 1.15. The molecule has 0 unspecified atom stereocenters. The summed E-state index contributed by atoms with van der Waals surface area (Å²) in [6.07, 6.45) is 3.83. The molecule has 18 heavy (non-hydrogen) atoms. The molecule has 4 heteroatoms. The second-order valence-corrected chi connectivity index (χ2v) is 4.55. The summed E-state index contributed by atoms with van der Waals surface area (Å²) in [6, 6.07) is 6.03. The first-order chi connectivity index (χ1) is 8.81. The van der Waals surface area contributed by atoms with E-state index in [1.54, 1.807) is 0 Å². The number of aromatic nitrogens is 1. The van der Waals surface area contributed by atoms with Crippen molar-refractivity contribution in [2.45, 2.75) is 25.7 Å². The lowest BCUT2D eigenvalue weighted by molar-refractivity contribution is -0.137. The van der Waals surface area contributed by atoms with Crippen LogP contribution in [0, 0.1) is 0 Å². The largest absolute Gasteiger partial charge is 0.372 e. The number of ether oxygens (including phenoxy) is 1. The summed E-state index contributed by atoms with van der Waals surface area (Å²) in [4.78, 5) is 18.1. The Morgan fingerprint density at radius 3 is 2.83 bits per heavy atom. The maximum atomic E-state index is 11.8. The van der Waals surface area contributed by atoms with Crippen LogP contribution in [0.1, 0.15) is 31.4 Å². The van der Waals surface area contributed by atoms with E-state index in [4.69, 9.17) is 4.74 Å². The van der Waals surface area contributed by atoms with Gasteiger partial charge in [-0.15, -0.1) is 0 Å². The molecule has 1 amide bonds. The number of carbonyl (C=O) groups is 1. The van der Waals surface area contributed by atoms with Gasteiger partial charge in [-0.2, -0.15) is 0 Å². The van der Waals surface area contributed by atoms with Gasteiger partial charge in [0.05, 0.1) is 0 Å². The molecule has 0 radical (unpaired) electrons. The molecule has 1 aliphatic rings. The monoisotopic (exact) mass is 248 g/mol. The van der Waals surface area contributed by atoms with Crippen molar-refractivity contribution in [3.8, 4) is 0 Å². The van der Waals surface area contributed by atoms with Crippen molar-refractivity contribution >= 4 is 5.91 Å². The van der Waals surface area contributed by atoms with Crippen molar-refractivity contribution in [2.75, 3.05) is 26.3 Å². The lowest BCUT2D eigenvalue weighted by Crippen LogP contribution is -2.40. The van der Waals surface area contributed by atoms with Crippen molar-refractivity contribution in [1.29, 1.82) is 0 Å². The van der Waals surface area contributed by atoms with Crippen molar-refractivity contribution in [1.82, 2.24) is 9.88 Å². The summed E-state index contributed by atoms with van der Waals surface area (Å²) in [6.45, 7) is 4.34. The number of pyridine rings is 1. The number of piperidine rings is 1. The molecule has 98 valence electrons. The number of likely N-dealkylation sites (tertiary alicyclic amines) is 1. The SMILES string of the molecule is CCOCC(=O)N1CCC(c2ccccn2)CC1. The molecular formula is C14H20N2O2. The van der Waals surface area contributed by atoms with Gasteiger partial charge >= 0.3 is 0 Å². The van der Waals surface area contributed by atoms with E-state index in [0.717, 1.165) is 31.6 Å². The molecule has 1 aromatic heterocycles. The lowest BCUT2D eigenvalue weighted by atomic mass is 9.93. The van der Waals surface area contributed by atoms with Gasteiger partial charge in [0.25, 0.3) is 0 Å². The minimum absolute atomic E-state index is 0.108. The van der Waals surface area contributed by atoms with Crippen LogP contribution in [-0.4, -0.2) is 42.1 Å². The van der Waals surface area contributed by atoms with Gasteiger partial charge in [-0.1, -0.05) is 6.07 Å². The number of nitrogens with zero attached hydrogens (tertiary/aromatic N) is 2. The Morgan fingerprint density at radius 1 is 1.44 bits per heavy atom. The van der Waals surface area contributed by atoms with Crippen LogP contribution in [0.15, 0.2) is 24.4 Å². The van der Waals surface area contributed by atoms with E-state index in [1.807, 2.05) is 30.2 Å². The maximum absolute atomic E-state index is 11.8. The molecule has 2 rings (SSSR count). The summed E-state index contributed by atoms with van der Waals surface area (Å²) in [5.74, 6) is 0.596. The van der Waals surface area contributed by atoms with Crippen LogP contribution in [0.25, 0.3) is 0 Å². The molecule has 1 fully saturated rings. The van der Waals surface area contributed by atoms with E-state index in [9.17, 15) is 4.79 Å². The average Bonchev–Trinajstić information content (AvgIpc) is 2.46. The Hall–Kier alpha value is -1.42. The maximum Gasteiger partial charge on any atom is 0.248 e. The Kier molecular flexibility index (Phi) is 4.70. The van der Waals surface area contributed by atoms with Crippen LogP contribution < -0.4 is 0 Å². The van der Waals surface area contributed by atoms with E-state index in [0.29, 0.717) is 12.5 Å². The molecule has 1 aliphatic heterocycles. The number of amides is 1. The third-order valence-corrected chi connectivity index (χ3v) is 3.38. The van der Waals surface area contributed by atoms with E-state index in [1.165, 1.54) is 0 Å². The van der Waals surface area contributed by atoms with Gasteiger partial charge in [-0.3, -0.25) is 9.78 Å². The van der Waals surface area contributed by atoms with Gasteiger partial charge in [-0.25, -0.2) is 0 Å². The normalized spacial score (nSPS) is 16.8. The summed E-state index contributed by atoms with van der Waals surface area (Å²) in [7, 11) is 0. The molecule has 1 aromatic rings. The van der Waals surface area contributed by atoms with Crippen LogP contribution in [0.3, 0.4) is 0 Å². The number of carbonyl (C=O) groups excluding carboxylic acids is 1. The van der Waals surface area contributed by atoms with Crippen LogP contribution in [-0.2, 0) is 9.53 Å². The van der Waals surface area contributed by atoms with Crippen LogP contribution in [0.5, 0.6) is 0 Å². The fourth-order valence-electron chi connectivity index (χ4n) is 2.32. The van der Waals surface area contributed by atoms with Gasteiger partial charge in [0.1, 0.15) is 6.61 Å². The lowest BCUT2D eigenvalue weighted by Gasteiger charge is -2.31. The molecule has 0 aliphatic carbocycles. The van der Waals surface area contributed by atoms with E-state index in [2.05, 4.69) is 11.1 Å². The smallest absolute Gasteiger partial charge is 0.248 e. The molecule has 0 saturated carbocycles. The second kappa shape index (κ2) is 6.50. The van der Waals surface area contributed by atoms with Gasteiger partial charge < -0.3 is 9.64 Å². The van der Waals surface area contributed by atoms with Crippen LogP contribution in [0.2, 0.25) is 0 Å². The first kappa shape index (κ1) is 13.0. The molecule has 0 bridgehead atoms. The van der Waals surface area contributed by atoms with Crippen LogP contribution in [0.4, 0.5) is 0 Å². The van der Waals surface area contributed by atoms with Gasteiger partial charge in [0, 0.05) is 37.5 Å². The highest BCUT2D eigenvalue weighted by atomic mass is 16.5. The fourth-order valence-corrected chi connectivity index (χ4v) is 2.32. The molecule has 1 saturated heterocycles. The van der Waals surface area contributed by atoms with Gasteiger partial charge in [-0.05, 0) is 31.9 Å². The first-order valence-electron chi connectivity index (χ1n) is 6.57. The van der Waals surface area contributed by atoms with Crippen molar-refractivity contribution in [2.24, 2.45) is 0 Å².